The second-order valence-corrected chi connectivity index (χ2v) is 14.2. The van der Waals surface area contributed by atoms with E-state index in [-0.39, 0.29) is 31.1 Å². The first-order valence-corrected chi connectivity index (χ1v) is 17.2. The van der Waals surface area contributed by atoms with Crippen LogP contribution >= 0.6 is 0 Å². The van der Waals surface area contributed by atoms with Gasteiger partial charge in [-0.15, -0.1) is 0 Å². The molecule has 254 valence electrons. The van der Waals surface area contributed by atoms with Crippen LogP contribution in [0.1, 0.15) is 83.3 Å². The molecule has 3 N–H and O–H groups in total. The molecule has 3 unspecified atom stereocenters. The molecule has 0 saturated carbocycles. The minimum Gasteiger partial charge on any atom is -0.466 e. The third-order valence-electron chi connectivity index (χ3n) is 9.83. The number of nitrogens with one attached hydrogen (secondary N) is 2. The Morgan fingerprint density at radius 2 is 1.67 bits per heavy atom. The lowest BCUT2D eigenvalue weighted by Crippen LogP contribution is -2.36. The molecule has 11 heteroatoms. The van der Waals surface area contributed by atoms with E-state index < -0.39 is 5.60 Å². The number of aromatic nitrogens is 5. The molecule has 2 saturated heterocycles. The molecular weight excluding hydrogens is 618 g/mol. The van der Waals surface area contributed by atoms with Crippen LogP contribution in [0.2, 0.25) is 0 Å². The second-order valence-electron chi connectivity index (χ2n) is 14.2. The fourth-order valence-corrected chi connectivity index (χ4v) is 7.56. The van der Waals surface area contributed by atoms with E-state index in [0.29, 0.717) is 6.54 Å². The molecule has 3 aliphatic heterocycles. The van der Waals surface area contributed by atoms with Crippen LogP contribution in [0.3, 0.4) is 0 Å². The average molecular weight is 662 g/mol. The van der Waals surface area contributed by atoms with E-state index in [9.17, 15) is 9.90 Å². The van der Waals surface area contributed by atoms with Crippen LogP contribution in [0.4, 0.5) is 4.79 Å². The van der Waals surface area contributed by atoms with Gasteiger partial charge in [0.25, 0.3) is 0 Å². The van der Waals surface area contributed by atoms with E-state index in [1.807, 2.05) is 51.1 Å². The Bertz CT molecular complexity index is 2050. The van der Waals surface area contributed by atoms with Gasteiger partial charge >= 0.3 is 6.09 Å². The predicted octanol–water partition coefficient (Wildman–Crippen LogP) is 7.71. The molecule has 49 heavy (non-hydrogen) atoms. The number of benzene rings is 2. The van der Waals surface area contributed by atoms with Gasteiger partial charge in [-0.3, -0.25) is 9.80 Å². The van der Waals surface area contributed by atoms with Crippen LogP contribution < -0.4 is 4.74 Å². The number of ether oxygens (including phenoxy) is 2. The third kappa shape index (κ3) is 5.70. The van der Waals surface area contributed by atoms with E-state index in [1.165, 1.54) is 0 Å². The highest BCUT2D eigenvalue weighted by molar-refractivity contribution is 5.92. The van der Waals surface area contributed by atoms with Crippen LogP contribution in [0, 0.1) is 0 Å². The standard InChI is InChI=1S/C38H43N7O4/c1-5-8-34-45-29-14-12-23(27-20-40-36(42-27)31-10-7-16-44(31)37(47)49-38(2,3)4)17-25(29)18-32(45)26-13-11-24(19-33(26)48-34)28-21-39-35(41-28)30-9-6-15-43(30)22-46/h5,8,11-14,17-21,30-31,34,46H,6-7,9-10,15-16,22H2,1-4H3,(H,39,41)(H,40,42). The maximum absolute atomic E-state index is 12.9. The summed E-state index contributed by atoms with van der Waals surface area (Å²) in [6.07, 6.45) is 11.0. The van der Waals surface area contributed by atoms with Gasteiger partial charge in [-0.2, -0.15) is 0 Å². The molecule has 3 aliphatic rings. The number of hydrogen-bond acceptors (Lipinski definition) is 7. The number of allylic oxidation sites excluding steroid dienone is 1. The Balaban J connectivity index is 1.09. The Hall–Kier alpha value is -4.87. The molecule has 11 nitrogen and oxygen atoms in total. The van der Waals surface area contributed by atoms with Crippen molar-refractivity contribution >= 4 is 17.0 Å². The first kappa shape index (κ1) is 31.4. The van der Waals surface area contributed by atoms with E-state index in [0.717, 1.165) is 94.3 Å². The molecule has 0 radical (unpaired) electrons. The highest BCUT2D eigenvalue weighted by atomic mass is 16.6. The van der Waals surface area contributed by atoms with Crippen molar-refractivity contribution in [3.8, 4) is 39.5 Å². The van der Waals surface area contributed by atoms with Crippen molar-refractivity contribution in [3.63, 3.8) is 0 Å². The highest BCUT2D eigenvalue weighted by Crippen LogP contribution is 2.45. The quantitative estimate of drug-likeness (QED) is 0.159. The first-order chi connectivity index (χ1) is 23.7. The number of rotatable bonds is 6. The fraction of sp³-hybridized carbons (Fsp3) is 0.395. The normalized spacial score (nSPS) is 21.0. The van der Waals surface area contributed by atoms with Gasteiger partial charge < -0.3 is 29.1 Å². The number of nitrogens with zero attached hydrogens (tertiary/aromatic N) is 5. The maximum Gasteiger partial charge on any atom is 0.410 e. The third-order valence-corrected chi connectivity index (χ3v) is 9.83. The Morgan fingerprint density at radius 3 is 2.41 bits per heavy atom. The number of hydrogen-bond donors (Lipinski definition) is 3. The number of carbonyl (C=O) groups excluding carboxylic acids is 1. The fourth-order valence-electron chi connectivity index (χ4n) is 7.56. The number of likely N-dealkylation sites (tertiary alicyclic amines) is 2. The van der Waals surface area contributed by atoms with E-state index in [2.05, 4.69) is 68.1 Å². The van der Waals surface area contributed by atoms with Gasteiger partial charge in [0.15, 0.2) is 6.23 Å². The minimum absolute atomic E-state index is 0.0349. The van der Waals surface area contributed by atoms with Crippen molar-refractivity contribution in [2.45, 2.75) is 77.3 Å². The lowest BCUT2D eigenvalue weighted by Gasteiger charge is -2.28. The number of H-pyrrole nitrogens is 2. The summed E-state index contributed by atoms with van der Waals surface area (Å²) in [5.74, 6) is 2.48. The zero-order valence-corrected chi connectivity index (χ0v) is 28.4. The summed E-state index contributed by atoms with van der Waals surface area (Å²) in [5, 5.41) is 10.9. The first-order valence-electron chi connectivity index (χ1n) is 17.2. The van der Waals surface area contributed by atoms with Gasteiger partial charge in [0.05, 0.1) is 53.8 Å². The second kappa shape index (κ2) is 12.2. The number of aliphatic hydroxyl groups is 1. The lowest BCUT2D eigenvalue weighted by atomic mass is 10.0. The molecular formula is C38H43N7O4. The summed E-state index contributed by atoms with van der Waals surface area (Å²) in [6.45, 7) is 9.24. The topological polar surface area (TPSA) is 125 Å². The maximum atomic E-state index is 12.9. The largest absolute Gasteiger partial charge is 0.466 e. The van der Waals surface area contributed by atoms with Gasteiger partial charge in [0, 0.05) is 35.2 Å². The number of imidazole rings is 2. The molecule has 2 fully saturated rings. The van der Waals surface area contributed by atoms with Crippen molar-refractivity contribution in [3.05, 3.63) is 78.7 Å². The summed E-state index contributed by atoms with van der Waals surface area (Å²) in [4.78, 5) is 33.2. The number of aromatic amines is 2. The molecule has 3 aromatic heterocycles. The number of amides is 1. The number of carbonyl (C=O) groups is 1. The van der Waals surface area contributed by atoms with E-state index in [4.69, 9.17) is 14.5 Å². The predicted molar refractivity (Wildman–Crippen MR) is 188 cm³/mol. The number of aliphatic hydroxyl groups excluding tert-OH is 1. The van der Waals surface area contributed by atoms with E-state index >= 15 is 0 Å². The minimum atomic E-state index is -0.549. The molecule has 6 heterocycles. The average Bonchev–Trinajstić information content (AvgIpc) is 3.92. The SMILES string of the molecule is CC=CC1Oc2cc(-c3cnc(C4CCCN4CO)[nH]3)ccc2-c2cc3cc(-c4cnc(C5CCCN5C(=O)OC(C)(C)C)[nH]4)ccc3n21. The van der Waals surface area contributed by atoms with Gasteiger partial charge in [0.2, 0.25) is 0 Å². The van der Waals surface area contributed by atoms with Crippen molar-refractivity contribution in [1.29, 1.82) is 0 Å². The summed E-state index contributed by atoms with van der Waals surface area (Å²) < 4.78 is 14.6. The summed E-state index contributed by atoms with van der Waals surface area (Å²) >= 11 is 0. The van der Waals surface area contributed by atoms with Crippen molar-refractivity contribution in [2.24, 2.45) is 0 Å². The Morgan fingerprint density at radius 1 is 0.980 bits per heavy atom. The molecule has 0 aliphatic carbocycles. The summed E-state index contributed by atoms with van der Waals surface area (Å²) in [7, 11) is 0. The zero-order chi connectivity index (χ0) is 33.9. The van der Waals surface area contributed by atoms with E-state index in [1.54, 1.807) is 4.90 Å². The van der Waals surface area contributed by atoms with Gasteiger partial charge in [0.1, 0.15) is 23.0 Å². The van der Waals surface area contributed by atoms with Crippen LogP contribution in [0.25, 0.3) is 44.7 Å². The molecule has 1 amide bonds. The van der Waals surface area contributed by atoms with Crippen LogP contribution in [0.5, 0.6) is 5.75 Å². The summed E-state index contributed by atoms with van der Waals surface area (Å²) in [6, 6.07) is 14.9. The molecule has 0 bridgehead atoms. The lowest BCUT2D eigenvalue weighted by molar-refractivity contribution is 0.0218. The Kier molecular flexibility index (Phi) is 7.83. The molecule has 2 aromatic carbocycles. The summed E-state index contributed by atoms with van der Waals surface area (Å²) in [5.41, 5.74) is 6.49. The van der Waals surface area contributed by atoms with Gasteiger partial charge in [-0.25, -0.2) is 14.8 Å². The zero-order valence-electron chi connectivity index (χ0n) is 28.4. The van der Waals surface area contributed by atoms with Gasteiger partial charge in [-0.1, -0.05) is 18.2 Å². The van der Waals surface area contributed by atoms with Crippen LogP contribution in [-0.2, 0) is 4.74 Å². The van der Waals surface area contributed by atoms with Crippen molar-refractivity contribution in [1.82, 2.24) is 34.3 Å². The van der Waals surface area contributed by atoms with Crippen LogP contribution in [-0.4, -0.2) is 70.9 Å². The smallest absolute Gasteiger partial charge is 0.410 e. The van der Waals surface area contributed by atoms with Crippen LogP contribution in [0.15, 0.2) is 67.0 Å². The molecule has 5 aromatic rings. The monoisotopic (exact) mass is 661 g/mol. The molecule has 0 spiro atoms. The Labute approximate surface area is 285 Å². The van der Waals surface area contributed by atoms with Crippen molar-refractivity contribution < 1.29 is 19.4 Å². The molecule has 3 atom stereocenters. The van der Waals surface area contributed by atoms with Crippen molar-refractivity contribution in [2.75, 3.05) is 19.8 Å². The number of fused-ring (bicyclic) bond motifs is 5. The van der Waals surface area contributed by atoms with Gasteiger partial charge in [-0.05, 0) is 89.8 Å². The molecule has 8 rings (SSSR count). The highest BCUT2D eigenvalue weighted by Gasteiger charge is 2.35.